The molecule has 0 aliphatic carbocycles. The van der Waals surface area contributed by atoms with Crippen molar-refractivity contribution in [1.82, 2.24) is 10.3 Å². The van der Waals surface area contributed by atoms with Crippen LogP contribution in [0.1, 0.15) is 34.1 Å². The summed E-state index contributed by atoms with van der Waals surface area (Å²) in [4.78, 5) is 21.8. The lowest BCUT2D eigenvalue weighted by Crippen LogP contribution is -2.39. The molecule has 1 atom stereocenters. The van der Waals surface area contributed by atoms with E-state index in [0.717, 1.165) is 6.42 Å². The standard InChI is InChI=1S/C9H15N3O2S/c1-5-9(4)12(7(3)14)11-8(15-9)10-6(2)13/h5H2,1-4H3,(H,10,11,13)/t9-/m1/s1. The van der Waals surface area contributed by atoms with Crippen LogP contribution >= 0.6 is 11.8 Å². The first kappa shape index (κ1) is 12.0. The van der Waals surface area contributed by atoms with Crippen molar-refractivity contribution in [1.29, 1.82) is 0 Å². The van der Waals surface area contributed by atoms with Crippen molar-refractivity contribution in [2.45, 2.75) is 39.0 Å². The second-order valence-electron chi connectivity index (χ2n) is 3.55. The van der Waals surface area contributed by atoms with E-state index in [2.05, 4.69) is 10.4 Å². The number of nitrogens with one attached hydrogen (secondary N) is 1. The van der Waals surface area contributed by atoms with Crippen LogP contribution in [0.25, 0.3) is 0 Å². The van der Waals surface area contributed by atoms with Crippen molar-refractivity contribution in [3.8, 4) is 0 Å². The van der Waals surface area contributed by atoms with Crippen LogP contribution in [0, 0.1) is 0 Å². The number of hydrogen-bond acceptors (Lipinski definition) is 4. The number of hydrogen-bond donors (Lipinski definition) is 1. The Kier molecular flexibility index (Phi) is 3.38. The van der Waals surface area contributed by atoms with Gasteiger partial charge in [-0.2, -0.15) is 0 Å². The van der Waals surface area contributed by atoms with Gasteiger partial charge in [-0.15, -0.1) is 5.10 Å². The lowest BCUT2D eigenvalue weighted by molar-refractivity contribution is -0.131. The minimum Gasteiger partial charge on any atom is -0.304 e. The number of hydrazone groups is 1. The van der Waals surface area contributed by atoms with Crippen LogP contribution in [0.4, 0.5) is 0 Å². The Balaban J connectivity index is 2.86. The highest BCUT2D eigenvalue weighted by atomic mass is 32.2. The van der Waals surface area contributed by atoms with E-state index in [-0.39, 0.29) is 16.7 Å². The minimum absolute atomic E-state index is 0.118. The third-order valence-corrected chi connectivity index (χ3v) is 3.47. The summed E-state index contributed by atoms with van der Waals surface area (Å²) in [7, 11) is 0. The number of rotatable bonds is 1. The molecule has 1 heterocycles. The lowest BCUT2D eigenvalue weighted by Gasteiger charge is -2.28. The van der Waals surface area contributed by atoms with E-state index in [0.29, 0.717) is 5.17 Å². The zero-order valence-electron chi connectivity index (χ0n) is 9.33. The number of amides is 2. The maximum Gasteiger partial charge on any atom is 0.240 e. The average Bonchev–Trinajstić information content (AvgIpc) is 2.43. The summed E-state index contributed by atoms with van der Waals surface area (Å²) in [5, 5.41) is 8.59. The van der Waals surface area contributed by atoms with E-state index >= 15 is 0 Å². The van der Waals surface area contributed by atoms with Crippen molar-refractivity contribution < 1.29 is 9.59 Å². The van der Waals surface area contributed by atoms with Gasteiger partial charge >= 0.3 is 0 Å². The van der Waals surface area contributed by atoms with Crippen molar-refractivity contribution in [3.63, 3.8) is 0 Å². The molecule has 0 saturated heterocycles. The summed E-state index contributed by atoms with van der Waals surface area (Å²) in [6.07, 6.45) is 0.768. The van der Waals surface area contributed by atoms with Gasteiger partial charge in [0.15, 0.2) is 5.17 Å². The molecule has 0 aromatic heterocycles. The van der Waals surface area contributed by atoms with Gasteiger partial charge in [0.1, 0.15) is 4.87 Å². The molecule has 0 unspecified atom stereocenters. The molecule has 0 spiro atoms. The highest BCUT2D eigenvalue weighted by Crippen LogP contribution is 2.38. The molecule has 0 saturated carbocycles. The van der Waals surface area contributed by atoms with E-state index in [1.54, 1.807) is 0 Å². The van der Waals surface area contributed by atoms with Gasteiger partial charge in [0.05, 0.1) is 0 Å². The molecule has 1 aliphatic heterocycles. The predicted octanol–water partition coefficient (Wildman–Crippen LogP) is 1.11. The van der Waals surface area contributed by atoms with Gasteiger partial charge in [-0.3, -0.25) is 9.59 Å². The summed E-state index contributed by atoms with van der Waals surface area (Å²) in [5.41, 5.74) is 0. The topological polar surface area (TPSA) is 61.8 Å². The first-order chi connectivity index (χ1) is 6.89. The Morgan fingerprint density at radius 2 is 2.13 bits per heavy atom. The van der Waals surface area contributed by atoms with Gasteiger partial charge in [0, 0.05) is 13.8 Å². The molecular formula is C9H15N3O2S. The molecular weight excluding hydrogens is 214 g/mol. The first-order valence-electron chi connectivity index (χ1n) is 4.75. The predicted molar refractivity (Wildman–Crippen MR) is 60.1 cm³/mol. The molecule has 84 valence electrons. The quantitative estimate of drug-likeness (QED) is 0.732. The van der Waals surface area contributed by atoms with E-state index in [9.17, 15) is 9.59 Å². The summed E-state index contributed by atoms with van der Waals surface area (Å²) >= 11 is 1.40. The van der Waals surface area contributed by atoms with Gasteiger partial charge in [0.25, 0.3) is 0 Å². The van der Waals surface area contributed by atoms with Gasteiger partial charge < -0.3 is 5.32 Å². The monoisotopic (exact) mass is 229 g/mol. The minimum atomic E-state index is -0.385. The zero-order valence-corrected chi connectivity index (χ0v) is 10.1. The van der Waals surface area contributed by atoms with Gasteiger partial charge in [-0.05, 0) is 13.3 Å². The Morgan fingerprint density at radius 3 is 2.47 bits per heavy atom. The third kappa shape index (κ3) is 2.50. The molecule has 1 aliphatic rings. The second kappa shape index (κ2) is 4.22. The van der Waals surface area contributed by atoms with E-state index < -0.39 is 0 Å². The number of amidine groups is 1. The second-order valence-corrected chi connectivity index (χ2v) is 5.02. The lowest BCUT2D eigenvalue weighted by atomic mass is 10.2. The van der Waals surface area contributed by atoms with Crippen molar-refractivity contribution in [3.05, 3.63) is 0 Å². The number of thioether (sulfide) groups is 1. The summed E-state index contributed by atoms with van der Waals surface area (Å²) in [6, 6.07) is 0. The Bertz CT molecular complexity index is 329. The van der Waals surface area contributed by atoms with E-state index in [4.69, 9.17) is 0 Å². The first-order valence-corrected chi connectivity index (χ1v) is 5.56. The molecule has 6 heteroatoms. The highest BCUT2D eigenvalue weighted by Gasteiger charge is 2.40. The Labute approximate surface area is 93.3 Å². The summed E-state index contributed by atoms with van der Waals surface area (Å²) in [5.74, 6) is -0.294. The molecule has 0 aromatic carbocycles. The van der Waals surface area contributed by atoms with E-state index in [1.807, 2.05) is 13.8 Å². The van der Waals surface area contributed by atoms with Crippen molar-refractivity contribution in [2.75, 3.05) is 0 Å². The van der Waals surface area contributed by atoms with Gasteiger partial charge in [-0.1, -0.05) is 18.7 Å². The van der Waals surface area contributed by atoms with Crippen LogP contribution in [0.5, 0.6) is 0 Å². The fourth-order valence-corrected chi connectivity index (χ4v) is 2.43. The summed E-state index contributed by atoms with van der Waals surface area (Å²) < 4.78 is 0. The van der Waals surface area contributed by atoms with Crippen LogP contribution in [0.15, 0.2) is 5.10 Å². The van der Waals surface area contributed by atoms with E-state index in [1.165, 1.54) is 30.6 Å². The molecule has 0 bridgehead atoms. The molecule has 1 N–H and O–H groups in total. The molecule has 0 fully saturated rings. The smallest absolute Gasteiger partial charge is 0.240 e. The number of carbonyl (C=O) groups is 2. The van der Waals surface area contributed by atoms with Crippen LogP contribution in [0.2, 0.25) is 0 Å². The largest absolute Gasteiger partial charge is 0.304 e. The molecule has 2 amide bonds. The maximum absolute atomic E-state index is 11.3. The molecule has 1 rings (SSSR count). The van der Waals surface area contributed by atoms with Crippen molar-refractivity contribution >= 4 is 28.7 Å². The fourth-order valence-electron chi connectivity index (χ4n) is 1.30. The number of nitrogens with zero attached hydrogens (tertiary/aromatic N) is 2. The highest BCUT2D eigenvalue weighted by molar-refractivity contribution is 8.15. The summed E-state index contributed by atoms with van der Waals surface area (Å²) in [6.45, 7) is 6.80. The average molecular weight is 229 g/mol. The number of carbonyl (C=O) groups excluding carboxylic acids is 2. The van der Waals surface area contributed by atoms with Crippen molar-refractivity contribution in [2.24, 2.45) is 5.10 Å². The Morgan fingerprint density at radius 1 is 1.53 bits per heavy atom. The third-order valence-electron chi connectivity index (χ3n) is 2.19. The van der Waals surface area contributed by atoms with Crippen LogP contribution in [-0.2, 0) is 9.59 Å². The van der Waals surface area contributed by atoms with Crippen LogP contribution < -0.4 is 5.32 Å². The normalized spacial score (nSPS) is 25.1. The molecule has 0 radical (unpaired) electrons. The fraction of sp³-hybridized carbons (Fsp3) is 0.667. The molecule has 0 aromatic rings. The maximum atomic E-state index is 11.3. The van der Waals surface area contributed by atoms with Crippen LogP contribution in [0.3, 0.4) is 0 Å². The molecule has 15 heavy (non-hydrogen) atoms. The van der Waals surface area contributed by atoms with Gasteiger partial charge in [0.2, 0.25) is 11.8 Å². The van der Waals surface area contributed by atoms with Crippen LogP contribution in [-0.4, -0.2) is 26.9 Å². The Hall–Kier alpha value is -1.04. The molecule has 5 nitrogen and oxygen atoms in total. The van der Waals surface area contributed by atoms with Gasteiger partial charge in [-0.25, -0.2) is 5.01 Å². The zero-order chi connectivity index (χ0) is 11.6. The SMILES string of the molecule is CC[C@@]1(C)SC(NC(C)=O)=NN1C(C)=O.